The van der Waals surface area contributed by atoms with Crippen molar-refractivity contribution in [3.8, 4) is 0 Å². The number of aliphatic hydroxyl groups excluding tert-OH is 1. The van der Waals surface area contributed by atoms with Gasteiger partial charge in [0.1, 0.15) is 5.82 Å². The van der Waals surface area contributed by atoms with Gasteiger partial charge in [-0.25, -0.2) is 13.6 Å². The van der Waals surface area contributed by atoms with Crippen molar-refractivity contribution in [1.82, 2.24) is 9.88 Å². The summed E-state index contributed by atoms with van der Waals surface area (Å²) in [5, 5.41) is 10.3. The van der Waals surface area contributed by atoms with Gasteiger partial charge in [-0.3, -0.25) is 9.19 Å². The van der Waals surface area contributed by atoms with E-state index in [1.54, 1.807) is 24.0 Å². The standard InChI is InChI=1S/C21H25F2N3O3S/c1-14(27)19-13-17(6-9-24-19)25-20(28)26-10-7-15(8-11-26)21(2,23)30(29)18-5-3-4-16(22)12-18/h3-6,9,12-15,27H,7-8,10-11H2,1-2H3,(H,24,25,28)/t14?,21-,30?/m1/s1. The summed E-state index contributed by atoms with van der Waals surface area (Å²) >= 11 is 0. The van der Waals surface area contributed by atoms with Gasteiger partial charge in [0.05, 0.1) is 22.6 Å². The maximum atomic E-state index is 15.4. The molecule has 2 aromatic rings. The van der Waals surface area contributed by atoms with E-state index >= 15 is 4.39 Å². The third-order valence-corrected chi connectivity index (χ3v) is 7.08. The number of carbonyl (C=O) groups excluding carboxylic acids is 1. The molecule has 0 saturated carbocycles. The highest BCUT2D eigenvalue weighted by atomic mass is 32.2. The summed E-state index contributed by atoms with van der Waals surface area (Å²) < 4.78 is 41.5. The zero-order chi connectivity index (χ0) is 21.9. The lowest BCUT2D eigenvalue weighted by molar-refractivity contribution is 0.121. The van der Waals surface area contributed by atoms with E-state index in [9.17, 15) is 18.5 Å². The zero-order valence-electron chi connectivity index (χ0n) is 16.8. The van der Waals surface area contributed by atoms with Crippen LogP contribution in [0.15, 0.2) is 47.5 Å². The van der Waals surface area contributed by atoms with Crippen molar-refractivity contribution in [2.75, 3.05) is 18.4 Å². The van der Waals surface area contributed by atoms with Crippen LogP contribution in [0.1, 0.15) is 38.5 Å². The summed E-state index contributed by atoms with van der Waals surface area (Å²) in [6.45, 7) is 3.48. The van der Waals surface area contributed by atoms with E-state index in [0.717, 1.165) is 6.07 Å². The molecule has 2 heterocycles. The van der Waals surface area contributed by atoms with Crippen LogP contribution in [0.5, 0.6) is 0 Å². The molecule has 162 valence electrons. The van der Waals surface area contributed by atoms with Crippen molar-refractivity contribution >= 4 is 22.5 Å². The predicted octanol–water partition coefficient (Wildman–Crippen LogP) is 4.01. The number of urea groups is 1. The number of hydrogen-bond donors (Lipinski definition) is 2. The number of likely N-dealkylation sites (tertiary alicyclic amines) is 1. The number of anilines is 1. The minimum atomic E-state index is -2.03. The van der Waals surface area contributed by atoms with Crippen molar-refractivity contribution in [2.24, 2.45) is 5.92 Å². The second-order valence-electron chi connectivity index (χ2n) is 7.55. The fourth-order valence-electron chi connectivity index (χ4n) is 3.52. The number of rotatable bonds is 5. The lowest BCUT2D eigenvalue weighted by Crippen LogP contribution is -2.46. The maximum Gasteiger partial charge on any atom is 0.321 e. The van der Waals surface area contributed by atoms with Crippen molar-refractivity contribution in [2.45, 2.75) is 42.7 Å². The highest BCUT2D eigenvalue weighted by molar-refractivity contribution is 7.86. The number of hydrogen-bond acceptors (Lipinski definition) is 4. The molecule has 1 aliphatic rings. The summed E-state index contributed by atoms with van der Waals surface area (Å²) in [6.07, 6.45) is 1.44. The number of benzene rings is 1. The normalized spacial score (nSPS) is 19.0. The minimum Gasteiger partial charge on any atom is -0.387 e. The van der Waals surface area contributed by atoms with E-state index < -0.39 is 33.6 Å². The maximum absolute atomic E-state index is 15.4. The van der Waals surface area contributed by atoms with Crippen molar-refractivity contribution in [3.63, 3.8) is 0 Å². The Kier molecular flexibility index (Phi) is 6.82. The van der Waals surface area contributed by atoms with Crippen LogP contribution in [-0.4, -0.2) is 43.3 Å². The Labute approximate surface area is 176 Å². The number of pyridine rings is 1. The van der Waals surface area contributed by atoms with Crippen LogP contribution in [0.2, 0.25) is 0 Å². The molecule has 3 atom stereocenters. The van der Waals surface area contributed by atoms with Gasteiger partial charge in [-0.2, -0.15) is 0 Å². The van der Waals surface area contributed by atoms with Gasteiger partial charge in [0.2, 0.25) is 0 Å². The smallest absolute Gasteiger partial charge is 0.321 e. The molecule has 0 bridgehead atoms. The highest BCUT2D eigenvalue weighted by Gasteiger charge is 2.43. The Balaban J connectivity index is 1.60. The van der Waals surface area contributed by atoms with Crippen LogP contribution < -0.4 is 5.32 Å². The van der Waals surface area contributed by atoms with Gasteiger partial charge >= 0.3 is 6.03 Å². The average molecular weight is 438 g/mol. The van der Waals surface area contributed by atoms with E-state index in [4.69, 9.17) is 0 Å². The van der Waals surface area contributed by atoms with E-state index in [1.807, 2.05) is 0 Å². The lowest BCUT2D eigenvalue weighted by Gasteiger charge is -2.37. The van der Waals surface area contributed by atoms with Gasteiger partial charge < -0.3 is 15.3 Å². The van der Waals surface area contributed by atoms with Crippen LogP contribution in [-0.2, 0) is 10.8 Å². The molecule has 1 aromatic carbocycles. The molecule has 1 fully saturated rings. The molecule has 3 rings (SSSR count). The number of carbonyl (C=O) groups is 1. The number of alkyl halides is 1. The number of halogens is 2. The Morgan fingerprint density at radius 2 is 2.03 bits per heavy atom. The first-order chi connectivity index (χ1) is 14.2. The van der Waals surface area contributed by atoms with Crippen LogP contribution in [0.4, 0.5) is 19.3 Å². The van der Waals surface area contributed by atoms with Crippen LogP contribution >= 0.6 is 0 Å². The first kappa shape index (κ1) is 22.3. The molecule has 6 nitrogen and oxygen atoms in total. The summed E-state index contributed by atoms with van der Waals surface area (Å²) in [4.78, 5) is 18.3. The summed E-state index contributed by atoms with van der Waals surface area (Å²) in [6, 6.07) is 8.06. The Morgan fingerprint density at radius 1 is 1.33 bits per heavy atom. The Hall–Kier alpha value is -2.39. The van der Waals surface area contributed by atoms with Gasteiger partial charge in [0.15, 0.2) is 5.00 Å². The second kappa shape index (κ2) is 9.18. The summed E-state index contributed by atoms with van der Waals surface area (Å²) in [7, 11) is -2.02. The molecule has 2 N–H and O–H groups in total. The number of nitrogens with one attached hydrogen (secondary N) is 1. The molecule has 1 aliphatic heterocycles. The van der Waals surface area contributed by atoms with Crippen molar-refractivity contribution < 1.29 is 22.9 Å². The zero-order valence-corrected chi connectivity index (χ0v) is 17.7. The Bertz CT molecular complexity index is 931. The highest BCUT2D eigenvalue weighted by Crippen LogP contribution is 2.37. The lowest BCUT2D eigenvalue weighted by atomic mass is 9.92. The fourth-order valence-corrected chi connectivity index (χ4v) is 4.94. The van der Waals surface area contributed by atoms with Crippen molar-refractivity contribution in [1.29, 1.82) is 0 Å². The molecule has 2 amide bonds. The average Bonchev–Trinajstić information content (AvgIpc) is 2.73. The van der Waals surface area contributed by atoms with Gasteiger partial charge in [0, 0.05) is 35.8 Å². The third-order valence-electron chi connectivity index (χ3n) is 5.34. The molecule has 0 spiro atoms. The Morgan fingerprint density at radius 3 is 2.67 bits per heavy atom. The third kappa shape index (κ3) is 5.02. The monoisotopic (exact) mass is 437 g/mol. The van der Waals surface area contributed by atoms with Crippen molar-refractivity contribution in [3.05, 3.63) is 54.1 Å². The van der Waals surface area contributed by atoms with Gasteiger partial charge in [-0.15, -0.1) is 0 Å². The molecule has 2 unspecified atom stereocenters. The topological polar surface area (TPSA) is 82.5 Å². The number of aromatic nitrogens is 1. The van der Waals surface area contributed by atoms with Crippen LogP contribution in [0, 0.1) is 11.7 Å². The van der Waals surface area contributed by atoms with E-state index in [1.165, 1.54) is 31.3 Å². The number of piperidine rings is 1. The molecular formula is C21H25F2N3O3S. The first-order valence-electron chi connectivity index (χ1n) is 9.74. The second-order valence-corrected chi connectivity index (χ2v) is 9.36. The van der Waals surface area contributed by atoms with Gasteiger partial charge in [0.25, 0.3) is 0 Å². The molecule has 30 heavy (non-hydrogen) atoms. The molecule has 1 aromatic heterocycles. The first-order valence-corrected chi connectivity index (χ1v) is 10.9. The fraction of sp³-hybridized carbons (Fsp3) is 0.429. The molecular weight excluding hydrogens is 412 g/mol. The van der Waals surface area contributed by atoms with E-state index in [-0.39, 0.29) is 10.9 Å². The van der Waals surface area contributed by atoms with Gasteiger partial charge in [-0.1, -0.05) is 6.07 Å². The van der Waals surface area contributed by atoms with E-state index in [2.05, 4.69) is 10.3 Å². The largest absolute Gasteiger partial charge is 0.387 e. The molecule has 0 radical (unpaired) electrons. The quantitative estimate of drug-likeness (QED) is 0.741. The summed E-state index contributed by atoms with van der Waals surface area (Å²) in [5.74, 6) is -1.08. The van der Waals surface area contributed by atoms with Crippen LogP contribution in [0.25, 0.3) is 0 Å². The number of amides is 2. The summed E-state index contributed by atoms with van der Waals surface area (Å²) in [5.41, 5.74) is 0.954. The SMILES string of the molecule is CC(O)c1cc(NC(=O)N2CCC([C@](C)(F)S(=O)c3cccc(F)c3)CC2)ccn1. The number of nitrogens with zero attached hydrogens (tertiary/aromatic N) is 2. The van der Waals surface area contributed by atoms with Gasteiger partial charge in [-0.05, 0) is 57.0 Å². The van der Waals surface area contributed by atoms with E-state index in [0.29, 0.717) is 37.3 Å². The minimum absolute atomic E-state index is 0.117. The molecule has 9 heteroatoms. The van der Waals surface area contributed by atoms with Crippen LogP contribution in [0.3, 0.4) is 0 Å². The predicted molar refractivity (Wildman–Crippen MR) is 111 cm³/mol. The molecule has 0 aliphatic carbocycles. The number of aliphatic hydroxyl groups is 1. The molecule has 1 saturated heterocycles.